The number of alkyl halides is 3. The predicted molar refractivity (Wildman–Crippen MR) is 160 cm³/mol. The Hall–Kier alpha value is -4.36. The molecule has 2 aromatic carbocycles. The number of halogens is 3. The Morgan fingerprint density at radius 2 is 1.77 bits per heavy atom. The summed E-state index contributed by atoms with van der Waals surface area (Å²) in [6.45, 7) is 8.54. The molecule has 8 nitrogen and oxygen atoms in total. The average Bonchev–Trinajstić information content (AvgIpc) is 3.45. The summed E-state index contributed by atoms with van der Waals surface area (Å²) >= 11 is 0. The lowest BCUT2D eigenvalue weighted by atomic mass is 9.74. The number of rotatable bonds is 7. The van der Waals surface area contributed by atoms with Crippen LogP contribution in [0.15, 0.2) is 83.5 Å². The van der Waals surface area contributed by atoms with Gasteiger partial charge in [-0.2, -0.15) is 32.1 Å². The van der Waals surface area contributed by atoms with Crippen LogP contribution in [0.25, 0.3) is 11.8 Å². The number of benzene rings is 2. The van der Waals surface area contributed by atoms with Crippen LogP contribution in [0.2, 0.25) is 0 Å². The fraction of sp³-hybridized carbons (Fsp3) is 0.312. The van der Waals surface area contributed by atoms with Gasteiger partial charge in [-0.3, -0.25) is 4.55 Å². The molecule has 0 aromatic heterocycles. The molecule has 0 saturated carbocycles. The summed E-state index contributed by atoms with van der Waals surface area (Å²) in [7, 11) is -5.84. The van der Waals surface area contributed by atoms with Gasteiger partial charge < -0.3 is 9.57 Å². The smallest absolute Gasteiger partial charge is 0.489 e. The van der Waals surface area contributed by atoms with Gasteiger partial charge in [-0.1, -0.05) is 62.4 Å². The topological polar surface area (TPSA) is 124 Å². The van der Waals surface area contributed by atoms with Crippen molar-refractivity contribution in [2.24, 2.45) is 5.41 Å². The van der Waals surface area contributed by atoms with E-state index in [2.05, 4.69) is 57.2 Å². The molecule has 0 radical (unpaired) electrons. The number of hydroxylamine groups is 2. The first kappa shape index (κ1) is 34.1. The summed E-state index contributed by atoms with van der Waals surface area (Å²) in [5, 5.41) is 20.5. The summed E-state index contributed by atoms with van der Waals surface area (Å²) < 4.78 is 63.6. The summed E-state index contributed by atoms with van der Waals surface area (Å²) in [4.78, 5) is 5.85. The largest absolute Gasteiger partial charge is 0.522 e. The lowest BCUT2D eigenvalue weighted by Gasteiger charge is -2.30. The van der Waals surface area contributed by atoms with E-state index in [4.69, 9.17) is 22.5 Å². The molecule has 0 spiro atoms. The lowest BCUT2D eigenvalue weighted by molar-refractivity contribution is -0.0559. The Balaban J connectivity index is 0.000000583. The molecule has 0 fully saturated rings. The normalized spacial score (nSPS) is 16.5. The maximum Gasteiger partial charge on any atom is 0.522 e. The average molecular weight is 628 g/mol. The molecule has 4 rings (SSSR count). The molecule has 0 amide bonds. The van der Waals surface area contributed by atoms with Crippen molar-refractivity contribution in [1.82, 2.24) is 5.06 Å². The molecule has 232 valence electrons. The minimum atomic E-state index is -5.84. The second kappa shape index (κ2) is 14.4. The van der Waals surface area contributed by atoms with Crippen LogP contribution in [-0.4, -0.2) is 36.6 Å². The maximum absolute atomic E-state index is 10.7. The van der Waals surface area contributed by atoms with Crippen molar-refractivity contribution in [1.29, 1.82) is 10.5 Å². The van der Waals surface area contributed by atoms with Crippen LogP contribution in [0.4, 0.5) is 13.2 Å². The summed E-state index contributed by atoms with van der Waals surface area (Å²) in [6.07, 6.45) is 9.86. The Labute approximate surface area is 255 Å². The van der Waals surface area contributed by atoms with Gasteiger partial charge in [-0.15, -0.1) is 5.06 Å². The molecular weight excluding hydrogens is 595 g/mol. The Morgan fingerprint density at radius 1 is 1.11 bits per heavy atom. The highest BCUT2D eigenvalue weighted by atomic mass is 32.2. The van der Waals surface area contributed by atoms with Crippen LogP contribution in [0.1, 0.15) is 50.3 Å². The zero-order valence-electron chi connectivity index (χ0n) is 24.4. The molecule has 12 heteroatoms. The van der Waals surface area contributed by atoms with Gasteiger partial charge in [0.25, 0.3) is 0 Å². The number of allylic oxidation sites excluding steroid dienone is 5. The number of ether oxygens (including phenoxy) is 1. The van der Waals surface area contributed by atoms with E-state index in [-0.39, 0.29) is 11.0 Å². The van der Waals surface area contributed by atoms with Gasteiger partial charge in [-0.05, 0) is 71.7 Å². The van der Waals surface area contributed by atoms with Crippen molar-refractivity contribution >= 4 is 22.0 Å². The number of hydrogen-bond donors (Lipinski definition) is 1. The van der Waals surface area contributed by atoms with Crippen LogP contribution in [0.3, 0.4) is 0 Å². The first-order chi connectivity index (χ1) is 20.6. The zero-order valence-corrected chi connectivity index (χ0v) is 25.2. The number of likely N-dealkylation sites (N-methyl/N-ethyl adjacent to an activating group) is 1. The molecule has 1 aliphatic carbocycles. The first-order valence-electron chi connectivity index (χ1n) is 13.5. The minimum absolute atomic E-state index is 0.00746. The van der Waals surface area contributed by atoms with Crippen molar-refractivity contribution in [2.75, 3.05) is 13.1 Å². The fourth-order valence-corrected chi connectivity index (χ4v) is 4.51. The van der Waals surface area contributed by atoms with Crippen LogP contribution >= 0.6 is 0 Å². The number of nitriles is 2. The molecule has 0 bridgehead atoms. The van der Waals surface area contributed by atoms with E-state index in [1.54, 1.807) is 0 Å². The number of hydrogen-bond acceptors (Lipinski definition) is 7. The fourth-order valence-electron chi connectivity index (χ4n) is 4.51. The van der Waals surface area contributed by atoms with Gasteiger partial charge in [-0.25, -0.2) is 0 Å². The summed E-state index contributed by atoms with van der Waals surface area (Å²) in [6, 6.07) is 20.3. The second-order valence-corrected chi connectivity index (χ2v) is 12.2. The molecular formula is C32H32F3N3O5S. The monoisotopic (exact) mass is 627 g/mol. The molecule has 1 aliphatic heterocycles. The van der Waals surface area contributed by atoms with Crippen molar-refractivity contribution < 1.29 is 35.7 Å². The quantitative estimate of drug-likeness (QED) is 0.192. The third-order valence-corrected chi connectivity index (χ3v) is 7.18. The highest BCUT2D eigenvalue weighted by molar-refractivity contribution is 7.86. The van der Waals surface area contributed by atoms with E-state index in [1.165, 1.54) is 0 Å². The Morgan fingerprint density at radius 3 is 2.34 bits per heavy atom. The van der Waals surface area contributed by atoms with Crippen LogP contribution in [0.5, 0.6) is 5.75 Å². The van der Waals surface area contributed by atoms with E-state index in [9.17, 15) is 23.7 Å². The zero-order chi connectivity index (χ0) is 32.5. The Kier molecular flexibility index (Phi) is 11.2. The summed E-state index contributed by atoms with van der Waals surface area (Å²) in [5.74, 6) is 1.70. The molecule has 0 atom stereocenters. The van der Waals surface area contributed by atoms with Crippen molar-refractivity contribution in [3.63, 3.8) is 0 Å². The number of nitrogens with zero attached hydrogens (tertiary/aromatic N) is 3. The molecule has 0 saturated heterocycles. The van der Waals surface area contributed by atoms with E-state index in [1.807, 2.05) is 53.6 Å². The standard InChI is InChI=1S/C31H31N3O2.CHF3O3S/c1-4-34-15-14-30(36-34)26-7-5-6-25(17-26)22-35-29-12-10-23(11-13-29)8-9-24-16-27(28(20-32)21-33)19-31(2,3)18-24;2-1(3,4)8(5,6)7/h5-14,16-17H,4,15,18-19,22H2,1-3H3;(H,5,6,7)/b9-8+;. The van der Waals surface area contributed by atoms with E-state index in [0.29, 0.717) is 6.61 Å². The third kappa shape index (κ3) is 9.85. The molecule has 2 aliphatic rings. The van der Waals surface area contributed by atoms with E-state index in [0.717, 1.165) is 65.3 Å². The van der Waals surface area contributed by atoms with Crippen molar-refractivity contribution in [3.8, 4) is 17.9 Å². The Bertz CT molecular complexity index is 1640. The molecule has 2 aromatic rings. The highest BCUT2D eigenvalue weighted by Crippen LogP contribution is 2.39. The predicted octanol–water partition coefficient (Wildman–Crippen LogP) is 7.37. The van der Waals surface area contributed by atoms with Gasteiger partial charge in [0, 0.05) is 12.1 Å². The molecule has 0 unspecified atom stereocenters. The van der Waals surface area contributed by atoms with Crippen molar-refractivity contribution in [2.45, 2.75) is 45.7 Å². The van der Waals surface area contributed by atoms with Gasteiger partial charge in [0.15, 0.2) is 5.76 Å². The molecule has 44 heavy (non-hydrogen) atoms. The maximum atomic E-state index is 10.7. The van der Waals surface area contributed by atoms with Gasteiger partial charge >= 0.3 is 15.6 Å². The van der Waals surface area contributed by atoms with Gasteiger partial charge in [0.2, 0.25) is 0 Å². The van der Waals surface area contributed by atoms with E-state index >= 15 is 0 Å². The van der Waals surface area contributed by atoms with Crippen LogP contribution in [0, 0.1) is 28.1 Å². The highest BCUT2D eigenvalue weighted by Gasteiger charge is 2.44. The van der Waals surface area contributed by atoms with Crippen LogP contribution < -0.4 is 4.74 Å². The lowest BCUT2D eigenvalue weighted by Crippen LogP contribution is -2.21. The SMILES string of the molecule is CCN1CC=C(c2cccc(COc3ccc(/C=C/C4=CC(=C(C#N)C#N)CC(C)(C)C4)cc3)c2)O1.O=S(=O)(O)C(F)(F)F. The molecule has 1 N–H and O–H groups in total. The van der Waals surface area contributed by atoms with Crippen LogP contribution in [-0.2, 0) is 21.6 Å². The molecule has 1 heterocycles. The second-order valence-electron chi connectivity index (χ2n) is 10.8. The third-order valence-electron chi connectivity index (χ3n) is 6.60. The van der Waals surface area contributed by atoms with Crippen molar-refractivity contribution in [3.05, 3.63) is 100 Å². The van der Waals surface area contributed by atoms with Gasteiger partial charge in [0.1, 0.15) is 30.1 Å². The van der Waals surface area contributed by atoms with Gasteiger partial charge in [0.05, 0.1) is 6.54 Å². The first-order valence-corrected chi connectivity index (χ1v) is 15.0. The minimum Gasteiger partial charge on any atom is -0.489 e. The summed E-state index contributed by atoms with van der Waals surface area (Å²) in [5.41, 5.74) is -0.180. The van der Waals surface area contributed by atoms with E-state index < -0.39 is 15.6 Å².